The number of methoxy groups -OCH3 is 1. The zero-order valence-electron chi connectivity index (χ0n) is 16.8. The molecular weight excluding hydrogens is 463 g/mol. The molecule has 0 bridgehead atoms. The molecule has 1 atom stereocenters. The molecule has 5 nitrogen and oxygen atoms in total. The van der Waals surface area contributed by atoms with Crippen LogP contribution in [0.2, 0.25) is 0 Å². The zero-order chi connectivity index (χ0) is 22.0. The lowest BCUT2D eigenvalue weighted by Gasteiger charge is -2.31. The van der Waals surface area contributed by atoms with E-state index in [1.54, 1.807) is 42.3 Å². The number of carbonyl (C=O) groups excluding carboxylic acids is 2. The topological polar surface area (TPSA) is 58.6 Å². The Morgan fingerprint density at radius 2 is 1.84 bits per heavy atom. The van der Waals surface area contributed by atoms with E-state index in [0.29, 0.717) is 11.4 Å². The Balaban J connectivity index is 1.76. The van der Waals surface area contributed by atoms with Crippen molar-refractivity contribution in [1.29, 1.82) is 0 Å². The fourth-order valence-electron chi connectivity index (χ4n) is 3.73. The summed E-state index contributed by atoms with van der Waals surface area (Å²) in [7, 11) is 1.58. The molecule has 1 aliphatic heterocycles. The number of nitrogens with zero attached hydrogens (tertiary/aromatic N) is 1. The van der Waals surface area contributed by atoms with Crippen molar-refractivity contribution in [2.45, 2.75) is 12.5 Å². The molecule has 158 valence electrons. The Bertz CT molecular complexity index is 1120. The molecule has 0 saturated heterocycles. The van der Waals surface area contributed by atoms with Gasteiger partial charge < -0.3 is 15.0 Å². The number of benzene rings is 3. The highest BCUT2D eigenvalue weighted by Gasteiger charge is 2.33. The second-order valence-electron chi connectivity index (χ2n) is 7.28. The molecular formula is C24H20BrFN2O3. The number of anilines is 1. The highest BCUT2D eigenvalue weighted by molar-refractivity contribution is 9.10. The van der Waals surface area contributed by atoms with Gasteiger partial charge in [-0.25, -0.2) is 4.39 Å². The number of nitrogens with one attached hydrogen (secondary N) is 1. The third-order valence-corrected chi connectivity index (χ3v) is 5.72. The summed E-state index contributed by atoms with van der Waals surface area (Å²) in [6.07, 6.45) is 0.123. The molecule has 0 aliphatic carbocycles. The summed E-state index contributed by atoms with van der Waals surface area (Å²) < 4.78 is 19.6. The van der Waals surface area contributed by atoms with Crippen molar-refractivity contribution >= 4 is 33.4 Å². The molecule has 0 unspecified atom stereocenters. The summed E-state index contributed by atoms with van der Waals surface area (Å²) in [6, 6.07) is 18.2. The Morgan fingerprint density at radius 3 is 2.52 bits per heavy atom. The molecule has 3 aromatic carbocycles. The lowest BCUT2D eigenvalue weighted by molar-refractivity contribution is -0.135. The second kappa shape index (κ2) is 8.89. The van der Waals surface area contributed by atoms with E-state index >= 15 is 0 Å². The van der Waals surface area contributed by atoms with Crippen LogP contribution in [0.3, 0.4) is 0 Å². The average Bonchev–Trinajstić information content (AvgIpc) is 2.90. The minimum absolute atomic E-state index is 0.108. The van der Waals surface area contributed by atoms with Crippen molar-refractivity contribution in [3.05, 3.63) is 93.7 Å². The first kappa shape index (κ1) is 21.1. The van der Waals surface area contributed by atoms with Crippen molar-refractivity contribution in [3.8, 4) is 5.75 Å². The summed E-state index contributed by atoms with van der Waals surface area (Å²) in [5.74, 6) is -0.149. The molecule has 1 N–H and O–H groups in total. The van der Waals surface area contributed by atoms with Gasteiger partial charge in [0.2, 0.25) is 11.8 Å². The molecule has 0 fully saturated rings. The summed E-state index contributed by atoms with van der Waals surface area (Å²) in [4.78, 5) is 27.6. The van der Waals surface area contributed by atoms with E-state index in [1.807, 2.05) is 24.3 Å². The number of ether oxygens (including phenoxy) is 1. The van der Waals surface area contributed by atoms with Crippen LogP contribution in [0.4, 0.5) is 10.1 Å². The molecule has 3 aromatic rings. The number of amides is 2. The monoisotopic (exact) mass is 482 g/mol. The molecule has 31 heavy (non-hydrogen) atoms. The number of hydrogen-bond acceptors (Lipinski definition) is 3. The minimum atomic E-state index is -0.544. The van der Waals surface area contributed by atoms with Gasteiger partial charge in [-0.1, -0.05) is 40.2 Å². The van der Waals surface area contributed by atoms with Gasteiger partial charge in [-0.3, -0.25) is 9.59 Å². The molecule has 0 saturated carbocycles. The number of hydrogen-bond donors (Lipinski definition) is 1. The molecule has 0 aromatic heterocycles. The van der Waals surface area contributed by atoms with Crippen LogP contribution in [0.1, 0.15) is 22.7 Å². The predicted octanol–water partition coefficient (Wildman–Crippen LogP) is 4.71. The lowest BCUT2D eigenvalue weighted by atomic mass is 9.95. The molecule has 7 heteroatoms. The van der Waals surface area contributed by atoms with E-state index in [0.717, 1.165) is 21.2 Å². The first-order valence-corrected chi connectivity index (χ1v) is 10.5. The van der Waals surface area contributed by atoms with Crippen LogP contribution < -0.4 is 10.1 Å². The van der Waals surface area contributed by atoms with Crippen molar-refractivity contribution in [3.63, 3.8) is 0 Å². The van der Waals surface area contributed by atoms with Crippen LogP contribution in [0.25, 0.3) is 0 Å². The quantitative estimate of drug-likeness (QED) is 0.585. The van der Waals surface area contributed by atoms with Crippen LogP contribution in [0.5, 0.6) is 5.75 Å². The van der Waals surface area contributed by atoms with E-state index < -0.39 is 6.04 Å². The number of carbonyl (C=O) groups is 2. The first-order valence-electron chi connectivity index (χ1n) is 9.72. The summed E-state index contributed by atoms with van der Waals surface area (Å²) in [6.45, 7) is -0.108. The lowest BCUT2D eigenvalue weighted by Crippen LogP contribution is -2.39. The normalized spacial score (nSPS) is 15.6. The van der Waals surface area contributed by atoms with Gasteiger partial charge in [-0.15, -0.1) is 0 Å². The SMILES string of the molecule is COc1ccc(CC(=O)N2CC(=O)Nc3ccc(Br)cc3[C@H]2c2ccc(F)cc2)cc1. The third-order valence-electron chi connectivity index (χ3n) is 5.23. The maximum Gasteiger partial charge on any atom is 0.244 e. The molecule has 1 aliphatic rings. The predicted molar refractivity (Wildman–Crippen MR) is 119 cm³/mol. The van der Waals surface area contributed by atoms with Gasteiger partial charge in [-0.05, 0) is 53.6 Å². The van der Waals surface area contributed by atoms with Crippen molar-refractivity contribution in [1.82, 2.24) is 4.90 Å². The number of rotatable bonds is 4. The van der Waals surface area contributed by atoms with Crippen LogP contribution in [-0.4, -0.2) is 30.4 Å². The Hall–Kier alpha value is -3.19. The minimum Gasteiger partial charge on any atom is -0.497 e. The van der Waals surface area contributed by atoms with Gasteiger partial charge in [0.1, 0.15) is 18.1 Å². The van der Waals surface area contributed by atoms with Gasteiger partial charge in [-0.2, -0.15) is 0 Å². The van der Waals surface area contributed by atoms with E-state index in [1.165, 1.54) is 12.1 Å². The number of halogens is 2. The van der Waals surface area contributed by atoms with Crippen molar-refractivity contribution < 1.29 is 18.7 Å². The highest BCUT2D eigenvalue weighted by Crippen LogP contribution is 2.37. The Labute approximate surface area is 188 Å². The summed E-state index contributed by atoms with van der Waals surface area (Å²) in [5.41, 5.74) is 2.92. The standard InChI is InChI=1S/C24H20BrFN2O3/c1-31-19-9-2-15(3-10-19)12-23(30)28-14-22(29)27-21-11-6-17(25)13-20(21)24(28)16-4-7-18(26)8-5-16/h2-11,13,24H,12,14H2,1H3,(H,27,29)/t24-/m1/s1. The van der Waals surface area contributed by atoms with Gasteiger partial charge >= 0.3 is 0 Å². The van der Waals surface area contributed by atoms with Gasteiger partial charge in [0.25, 0.3) is 0 Å². The number of fused-ring (bicyclic) bond motifs is 1. The van der Waals surface area contributed by atoms with Gasteiger partial charge in [0.05, 0.1) is 19.6 Å². The van der Waals surface area contributed by atoms with Crippen molar-refractivity contribution in [2.24, 2.45) is 0 Å². The van der Waals surface area contributed by atoms with Crippen molar-refractivity contribution in [2.75, 3.05) is 19.0 Å². The maximum atomic E-state index is 13.6. The molecule has 2 amide bonds. The fourth-order valence-corrected chi connectivity index (χ4v) is 4.11. The average molecular weight is 483 g/mol. The smallest absolute Gasteiger partial charge is 0.244 e. The second-order valence-corrected chi connectivity index (χ2v) is 8.20. The Morgan fingerprint density at radius 1 is 1.13 bits per heavy atom. The maximum absolute atomic E-state index is 13.6. The van der Waals surface area contributed by atoms with Crippen LogP contribution in [0.15, 0.2) is 71.2 Å². The largest absolute Gasteiger partial charge is 0.497 e. The summed E-state index contributed by atoms with van der Waals surface area (Å²) in [5, 5.41) is 2.88. The van der Waals surface area contributed by atoms with Gasteiger partial charge in [0, 0.05) is 15.7 Å². The highest BCUT2D eigenvalue weighted by atomic mass is 79.9. The third kappa shape index (κ3) is 4.61. The van der Waals surface area contributed by atoms with Gasteiger partial charge in [0.15, 0.2) is 0 Å². The zero-order valence-corrected chi connectivity index (χ0v) is 18.4. The van der Waals surface area contributed by atoms with E-state index in [9.17, 15) is 14.0 Å². The van der Waals surface area contributed by atoms with E-state index in [4.69, 9.17) is 4.74 Å². The Kier molecular flexibility index (Phi) is 6.04. The molecule has 4 rings (SSSR count). The molecule has 0 radical (unpaired) electrons. The van der Waals surface area contributed by atoms with Crippen LogP contribution in [0, 0.1) is 5.82 Å². The summed E-state index contributed by atoms with van der Waals surface area (Å²) >= 11 is 3.48. The fraction of sp³-hybridized carbons (Fsp3) is 0.167. The molecule has 0 spiro atoms. The van der Waals surface area contributed by atoms with E-state index in [-0.39, 0.29) is 30.6 Å². The molecule has 1 heterocycles. The van der Waals surface area contributed by atoms with Crippen LogP contribution >= 0.6 is 15.9 Å². The van der Waals surface area contributed by atoms with Crippen LogP contribution in [-0.2, 0) is 16.0 Å². The first-order chi connectivity index (χ1) is 14.9. The van der Waals surface area contributed by atoms with E-state index in [2.05, 4.69) is 21.2 Å².